The maximum atomic E-state index is 12.0. The predicted molar refractivity (Wildman–Crippen MR) is 95.6 cm³/mol. The van der Waals surface area contributed by atoms with Crippen molar-refractivity contribution < 1.29 is 13.9 Å². The first-order chi connectivity index (χ1) is 12.2. The van der Waals surface area contributed by atoms with Crippen molar-refractivity contribution in [3.8, 4) is 16.5 Å². The van der Waals surface area contributed by atoms with Crippen molar-refractivity contribution in [3.63, 3.8) is 0 Å². The van der Waals surface area contributed by atoms with Crippen molar-refractivity contribution in [1.29, 1.82) is 0 Å². The molecule has 1 N–H and O–H groups in total. The zero-order chi connectivity index (χ0) is 17.5. The summed E-state index contributed by atoms with van der Waals surface area (Å²) in [6.07, 6.45) is 0.837. The van der Waals surface area contributed by atoms with E-state index < -0.39 is 0 Å². The summed E-state index contributed by atoms with van der Waals surface area (Å²) in [5, 5.41) is 12.8. The fourth-order valence-corrected chi connectivity index (χ4v) is 2.93. The maximum absolute atomic E-state index is 12.0. The third-order valence-electron chi connectivity index (χ3n) is 3.46. The van der Waals surface area contributed by atoms with Gasteiger partial charge in [0.2, 0.25) is 11.8 Å². The molecule has 0 spiro atoms. The van der Waals surface area contributed by atoms with E-state index in [0.717, 1.165) is 16.2 Å². The Morgan fingerprint density at radius 3 is 2.80 bits per heavy atom. The smallest absolute Gasteiger partial charge is 0.257 e. The summed E-state index contributed by atoms with van der Waals surface area (Å²) in [4.78, 5) is 12.9. The lowest BCUT2D eigenvalue weighted by Crippen LogP contribution is -2.27. The van der Waals surface area contributed by atoms with Crippen LogP contribution >= 0.6 is 11.3 Å². The van der Waals surface area contributed by atoms with Crippen LogP contribution in [0.3, 0.4) is 0 Å². The monoisotopic (exact) mass is 357 g/mol. The van der Waals surface area contributed by atoms with Crippen LogP contribution in [0, 0.1) is 0 Å². The molecule has 7 heteroatoms. The number of carbonyl (C=O) groups excluding carboxylic acids is 1. The van der Waals surface area contributed by atoms with Crippen molar-refractivity contribution in [3.05, 3.63) is 53.2 Å². The van der Waals surface area contributed by atoms with Gasteiger partial charge in [0, 0.05) is 13.0 Å². The fraction of sp³-hybridized carbons (Fsp3) is 0.278. The van der Waals surface area contributed by atoms with Crippen LogP contribution in [-0.2, 0) is 17.6 Å². The summed E-state index contributed by atoms with van der Waals surface area (Å²) in [5.74, 6) is 1.81. The normalized spacial score (nSPS) is 10.6. The van der Waals surface area contributed by atoms with E-state index in [0.29, 0.717) is 37.8 Å². The van der Waals surface area contributed by atoms with Gasteiger partial charge in [-0.25, -0.2) is 0 Å². The van der Waals surface area contributed by atoms with Gasteiger partial charge in [-0.1, -0.05) is 18.2 Å². The lowest BCUT2D eigenvalue weighted by atomic mass is 10.1. The molecule has 0 aliphatic carbocycles. The molecule has 0 unspecified atom stereocenters. The van der Waals surface area contributed by atoms with E-state index in [1.165, 1.54) is 0 Å². The summed E-state index contributed by atoms with van der Waals surface area (Å²) in [6, 6.07) is 11.4. The molecule has 0 radical (unpaired) electrons. The molecule has 0 aliphatic rings. The number of hydrogen-bond donors (Lipinski definition) is 1. The van der Waals surface area contributed by atoms with Gasteiger partial charge in [0.25, 0.3) is 5.89 Å². The minimum absolute atomic E-state index is 0.0397. The standard InChI is InChI=1S/C18H19N3O3S/c1-2-23-14-7-5-13(6-8-14)12-16(22)19-10-9-17-20-21-18(24-17)15-4-3-11-25-15/h3-8,11H,2,9-10,12H2,1H3,(H,19,22). The maximum Gasteiger partial charge on any atom is 0.257 e. The van der Waals surface area contributed by atoms with Crippen molar-refractivity contribution in [1.82, 2.24) is 15.5 Å². The van der Waals surface area contributed by atoms with Crippen LogP contribution in [0.4, 0.5) is 0 Å². The van der Waals surface area contributed by atoms with Crippen LogP contribution in [0.15, 0.2) is 46.2 Å². The molecule has 6 nitrogen and oxygen atoms in total. The summed E-state index contributed by atoms with van der Waals surface area (Å²) >= 11 is 1.55. The molecule has 2 heterocycles. The quantitative estimate of drug-likeness (QED) is 0.670. The van der Waals surface area contributed by atoms with E-state index in [-0.39, 0.29) is 5.91 Å². The van der Waals surface area contributed by atoms with Gasteiger partial charge in [0.15, 0.2) is 0 Å². The van der Waals surface area contributed by atoms with Crippen LogP contribution in [0.5, 0.6) is 5.75 Å². The summed E-state index contributed by atoms with van der Waals surface area (Å²) in [7, 11) is 0. The largest absolute Gasteiger partial charge is 0.494 e. The molecule has 1 amide bonds. The number of benzene rings is 1. The Morgan fingerprint density at radius 1 is 1.24 bits per heavy atom. The number of ether oxygens (including phenoxy) is 1. The van der Waals surface area contributed by atoms with Crippen LogP contribution < -0.4 is 10.1 Å². The molecular weight excluding hydrogens is 338 g/mol. The Labute approximate surface area is 149 Å². The van der Waals surface area contributed by atoms with E-state index in [1.54, 1.807) is 11.3 Å². The van der Waals surface area contributed by atoms with Crippen LogP contribution in [0.2, 0.25) is 0 Å². The minimum atomic E-state index is -0.0397. The average Bonchev–Trinajstić information content (AvgIpc) is 3.28. The van der Waals surface area contributed by atoms with Crippen molar-refractivity contribution in [2.75, 3.05) is 13.2 Å². The van der Waals surface area contributed by atoms with Gasteiger partial charge in [-0.2, -0.15) is 0 Å². The summed E-state index contributed by atoms with van der Waals surface area (Å²) in [5.41, 5.74) is 0.943. The highest BCUT2D eigenvalue weighted by Crippen LogP contribution is 2.22. The van der Waals surface area contributed by atoms with Gasteiger partial charge in [-0.15, -0.1) is 21.5 Å². The molecule has 0 atom stereocenters. The Morgan fingerprint density at radius 2 is 2.08 bits per heavy atom. The molecule has 25 heavy (non-hydrogen) atoms. The molecular formula is C18H19N3O3S. The van der Waals surface area contributed by atoms with Crippen molar-refractivity contribution in [2.24, 2.45) is 0 Å². The van der Waals surface area contributed by atoms with E-state index in [1.807, 2.05) is 48.7 Å². The Hall–Kier alpha value is -2.67. The Balaban J connectivity index is 1.43. The molecule has 0 aliphatic heterocycles. The fourth-order valence-electron chi connectivity index (χ4n) is 2.28. The molecule has 0 saturated carbocycles. The van der Waals surface area contributed by atoms with E-state index in [2.05, 4.69) is 15.5 Å². The van der Waals surface area contributed by atoms with Crippen molar-refractivity contribution >= 4 is 17.2 Å². The number of nitrogens with zero attached hydrogens (tertiary/aromatic N) is 2. The van der Waals surface area contributed by atoms with Gasteiger partial charge in [0.05, 0.1) is 17.9 Å². The second-order valence-electron chi connectivity index (χ2n) is 5.33. The molecule has 2 aromatic heterocycles. The zero-order valence-corrected chi connectivity index (χ0v) is 14.7. The van der Waals surface area contributed by atoms with Gasteiger partial charge in [-0.3, -0.25) is 4.79 Å². The molecule has 0 saturated heterocycles. The molecule has 0 bridgehead atoms. The first-order valence-electron chi connectivity index (χ1n) is 8.09. The predicted octanol–water partition coefficient (Wildman–Crippen LogP) is 3.10. The average molecular weight is 357 g/mol. The summed E-state index contributed by atoms with van der Waals surface area (Å²) < 4.78 is 11.0. The highest BCUT2D eigenvalue weighted by Gasteiger charge is 2.10. The second-order valence-corrected chi connectivity index (χ2v) is 6.28. The third kappa shape index (κ3) is 4.90. The second kappa shape index (κ2) is 8.43. The van der Waals surface area contributed by atoms with Crippen LogP contribution in [0.25, 0.3) is 10.8 Å². The van der Waals surface area contributed by atoms with E-state index in [9.17, 15) is 4.79 Å². The first-order valence-corrected chi connectivity index (χ1v) is 8.97. The zero-order valence-electron chi connectivity index (χ0n) is 13.9. The Bertz CT molecular complexity index is 797. The van der Waals surface area contributed by atoms with Gasteiger partial charge in [0.1, 0.15) is 5.75 Å². The highest BCUT2D eigenvalue weighted by atomic mass is 32.1. The van der Waals surface area contributed by atoms with E-state index >= 15 is 0 Å². The number of hydrogen-bond acceptors (Lipinski definition) is 6. The number of carbonyl (C=O) groups is 1. The molecule has 1 aromatic carbocycles. The van der Waals surface area contributed by atoms with Crippen LogP contribution in [0.1, 0.15) is 18.4 Å². The summed E-state index contributed by atoms with van der Waals surface area (Å²) in [6.45, 7) is 3.03. The van der Waals surface area contributed by atoms with Gasteiger partial charge in [-0.05, 0) is 36.1 Å². The van der Waals surface area contributed by atoms with Gasteiger partial charge >= 0.3 is 0 Å². The molecule has 3 aromatic rings. The third-order valence-corrected chi connectivity index (χ3v) is 4.32. The van der Waals surface area contributed by atoms with E-state index in [4.69, 9.17) is 9.15 Å². The molecule has 0 fully saturated rings. The minimum Gasteiger partial charge on any atom is -0.494 e. The van der Waals surface area contributed by atoms with Crippen molar-refractivity contribution in [2.45, 2.75) is 19.8 Å². The number of nitrogens with one attached hydrogen (secondary N) is 1. The number of rotatable bonds is 8. The first kappa shape index (κ1) is 17.2. The SMILES string of the molecule is CCOc1ccc(CC(=O)NCCc2nnc(-c3cccs3)o2)cc1. The molecule has 130 valence electrons. The highest BCUT2D eigenvalue weighted by molar-refractivity contribution is 7.13. The lowest BCUT2D eigenvalue weighted by molar-refractivity contribution is -0.120. The van der Waals surface area contributed by atoms with Crippen LogP contribution in [-0.4, -0.2) is 29.3 Å². The number of amides is 1. The molecule has 3 rings (SSSR count). The van der Waals surface area contributed by atoms with Gasteiger partial charge < -0.3 is 14.5 Å². The Kier molecular flexibility index (Phi) is 5.79. The topological polar surface area (TPSA) is 77.2 Å². The lowest BCUT2D eigenvalue weighted by Gasteiger charge is -2.06. The number of thiophene rings is 1. The number of aromatic nitrogens is 2.